The number of hydrogen-bond acceptors (Lipinski definition) is 4. The number of likely N-dealkylation sites (tertiary alicyclic amines) is 1. The van der Waals surface area contributed by atoms with Crippen LogP contribution in [0, 0.1) is 10.1 Å². The van der Waals surface area contributed by atoms with Gasteiger partial charge in [0.15, 0.2) is 0 Å². The molecule has 1 amide bonds. The minimum Gasteiger partial charge on any atom is -0.350 e. The summed E-state index contributed by atoms with van der Waals surface area (Å²) in [7, 11) is 0. The van der Waals surface area contributed by atoms with E-state index >= 15 is 0 Å². The number of benzene rings is 1. The standard InChI is InChI=1S/C14H19N3O3/c1-11(16-8-4-5-9-16)10-15-14(18)12-6-2-3-7-13(12)17(19)20/h2-3,6-7,11H,4-5,8-10H2,1H3,(H,15,18)/t11-/m1/s1. The maximum absolute atomic E-state index is 12.1. The molecular formula is C14H19N3O3. The molecule has 1 N–H and O–H groups in total. The van der Waals surface area contributed by atoms with Crippen LogP contribution >= 0.6 is 0 Å². The van der Waals surface area contributed by atoms with E-state index in [2.05, 4.69) is 17.1 Å². The van der Waals surface area contributed by atoms with Gasteiger partial charge >= 0.3 is 0 Å². The first-order valence-electron chi connectivity index (χ1n) is 6.85. The number of carbonyl (C=O) groups is 1. The second-order valence-corrected chi connectivity index (χ2v) is 5.08. The summed E-state index contributed by atoms with van der Waals surface area (Å²) >= 11 is 0. The summed E-state index contributed by atoms with van der Waals surface area (Å²) in [4.78, 5) is 24.7. The van der Waals surface area contributed by atoms with Gasteiger partial charge in [-0.1, -0.05) is 12.1 Å². The predicted octanol–water partition coefficient (Wildman–Crippen LogP) is 1.81. The number of carbonyl (C=O) groups excluding carboxylic acids is 1. The van der Waals surface area contributed by atoms with Crippen molar-refractivity contribution in [3.8, 4) is 0 Å². The van der Waals surface area contributed by atoms with Crippen molar-refractivity contribution in [1.29, 1.82) is 0 Å². The minimum absolute atomic E-state index is 0.117. The Labute approximate surface area is 117 Å². The topological polar surface area (TPSA) is 75.5 Å². The van der Waals surface area contributed by atoms with Gasteiger partial charge < -0.3 is 5.32 Å². The van der Waals surface area contributed by atoms with Crippen LogP contribution < -0.4 is 5.32 Å². The van der Waals surface area contributed by atoms with E-state index in [1.54, 1.807) is 12.1 Å². The zero-order chi connectivity index (χ0) is 14.5. The van der Waals surface area contributed by atoms with Crippen molar-refractivity contribution in [3.63, 3.8) is 0 Å². The number of hydrogen-bond donors (Lipinski definition) is 1. The average Bonchev–Trinajstić information content (AvgIpc) is 2.98. The monoisotopic (exact) mass is 277 g/mol. The van der Waals surface area contributed by atoms with Crippen molar-refractivity contribution in [2.75, 3.05) is 19.6 Å². The Balaban J connectivity index is 1.96. The highest BCUT2D eigenvalue weighted by Gasteiger charge is 2.21. The summed E-state index contributed by atoms with van der Waals surface area (Å²) in [6, 6.07) is 6.27. The molecule has 1 fully saturated rings. The van der Waals surface area contributed by atoms with E-state index in [0.717, 1.165) is 13.1 Å². The maximum atomic E-state index is 12.1. The lowest BCUT2D eigenvalue weighted by molar-refractivity contribution is -0.385. The van der Waals surface area contributed by atoms with Crippen LogP contribution in [0.25, 0.3) is 0 Å². The number of rotatable bonds is 5. The third-order valence-corrected chi connectivity index (χ3v) is 3.67. The Kier molecular flexibility index (Phi) is 4.68. The van der Waals surface area contributed by atoms with Gasteiger partial charge in [0.25, 0.3) is 11.6 Å². The smallest absolute Gasteiger partial charge is 0.282 e. The highest BCUT2D eigenvalue weighted by molar-refractivity contribution is 5.98. The first kappa shape index (κ1) is 14.5. The van der Waals surface area contributed by atoms with E-state index in [9.17, 15) is 14.9 Å². The zero-order valence-electron chi connectivity index (χ0n) is 11.5. The van der Waals surface area contributed by atoms with Crippen LogP contribution in [0.2, 0.25) is 0 Å². The van der Waals surface area contributed by atoms with E-state index in [4.69, 9.17) is 0 Å². The fourth-order valence-corrected chi connectivity index (χ4v) is 2.47. The molecule has 6 heteroatoms. The number of nitrogens with one attached hydrogen (secondary N) is 1. The highest BCUT2D eigenvalue weighted by Crippen LogP contribution is 2.17. The number of para-hydroxylation sites is 1. The molecule has 6 nitrogen and oxygen atoms in total. The molecule has 108 valence electrons. The normalized spacial score (nSPS) is 16.9. The van der Waals surface area contributed by atoms with Gasteiger partial charge in [-0.2, -0.15) is 0 Å². The van der Waals surface area contributed by atoms with Crippen molar-refractivity contribution < 1.29 is 9.72 Å². The molecule has 1 saturated heterocycles. The van der Waals surface area contributed by atoms with Crippen LogP contribution in [-0.4, -0.2) is 41.4 Å². The Morgan fingerprint density at radius 3 is 2.70 bits per heavy atom. The molecule has 1 aromatic carbocycles. The molecule has 0 aliphatic carbocycles. The van der Waals surface area contributed by atoms with Crippen LogP contribution in [0.1, 0.15) is 30.1 Å². The van der Waals surface area contributed by atoms with Crippen LogP contribution in [0.5, 0.6) is 0 Å². The minimum atomic E-state index is -0.529. The molecule has 0 bridgehead atoms. The van der Waals surface area contributed by atoms with Crippen molar-refractivity contribution >= 4 is 11.6 Å². The van der Waals surface area contributed by atoms with Crippen molar-refractivity contribution in [2.45, 2.75) is 25.8 Å². The lowest BCUT2D eigenvalue weighted by atomic mass is 10.1. The van der Waals surface area contributed by atoms with Gasteiger partial charge in [-0.15, -0.1) is 0 Å². The molecular weight excluding hydrogens is 258 g/mol. The molecule has 0 aromatic heterocycles. The van der Waals surface area contributed by atoms with Gasteiger partial charge in [0.1, 0.15) is 5.56 Å². The first-order valence-corrected chi connectivity index (χ1v) is 6.85. The van der Waals surface area contributed by atoms with Crippen molar-refractivity contribution in [2.24, 2.45) is 0 Å². The molecule has 1 heterocycles. The van der Waals surface area contributed by atoms with Gasteiger partial charge in [-0.25, -0.2) is 0 Å². The SMILES string of the molecule is C[C@H](CNC(=O)c1ccccc1[N+](=O)[O-])N1CCCC1. The predicted molar refractivity (Wildman–Crippen MR) is 75.7 cm³/mol. The Hall–Kier alpha value is -1.95. The van der Waals surface area contributed by atoms with E-state index < -0.39 is 4.92 Å². The van der Waals surface area contributed by atoms with Crippen molar-refractivity contribution in [1.82, 2.24) is 10.2 Å². The average molecular weight is 277 g/mol. The third-order valence-electron chi connectivity index (χ3n) is 3.67. The molecule has 20 heavy (non-hydrogen) atoms. The van der Waals surface area contributed by atoms with Crippen LogP contribution in [0.3, 0.4) is 0 Å². The molecule has 1 atom stereocenters. The quantitative estimate of drug-likeness (QED) is 0.658. The number of nitro groups is 1. The first-order chi connectivity index (χ1) is 9.59. The van der Waals surface area contributed by atoms with E-state index in [1.165, 1.54) is 25.0 Å². The summed E-state index contributed by atoms with van der Waals surface area (Å²) in [5, 5.41) is 13.7. The van der Waals surface area contributed by atoms with Crippen LogP contribution in [-0.2, 0) is 0 Å². The largest absolute Gasteiger partial charge is 0.350 e. The van der Waals surface area contributed by atoms with Gasteiger partial charge in [-0.3, -0.25) is 19.8 Å². The van der Waals surface area contributed by atoms with E-state index in [-0.39, 0.29) is 23.2 Å². The van der Waals surface area contributed by atoms with Crippen molar-refractivity contribution in [3.05, 3.63) is 39.9 Å². The molecule has 1 aliphatic rings. The number of nitro benzene ring substituents is 1. The number of amides is 1. The lowest BCUT2D eigenvalue weighted by Gasteiger charge is -2.23. The van der Waals surface area contributed by atoms with Crippen LogP contribution in [0.4, 0.5) is 5.69 Å². The molecule has 1 aliphatic heterocycles. The second-order valence-electron chi connectivity index (χ2n) is 5.08. The van der Waals surface area contributed by atoms with Gasteiger partial charge in [0, 0.05) is 18.7 Å². The third kappa shape index (κ3) is 3.33. The lowest BCUT2D eigenvalue weighted by Crippen LogP contribution is -2.40. The van der Waals surface area contributed by atoms with Crippen LogP contribution in [0.15, 0.2) is 24.3 Å². The number of nitrogens with zero attached hydrogens (tertiary/aromatic N) is 2. The summed E-state index contributed by atoms with van der Waals surface area (Å²) < 4.78 is 0. The van der Waals surface area contributed by atoms with E-state index in [0.29, 0.717) is 6.54 Å². The maximum Gasteiger partial charge on any atom is 0.282 e. The molecule has 0 spiro atoms. The molecule has 0 unspecified atom stereocenters. The Morgan fingerprint density at radius 1 is 1.40 bits per heavy atom. The fourth-order valence-electron chi connectivity index (χ4n) is 2.47. The molecule has 1 aromatic rings. The summed E-state index contributed by atoms with van der Waals surface area (Å²) in [6.45, 7) is 4.68. The Morgan fingerprint density at radius 2 is 2.05 bits per heavy atom. The van der Waals surface area contributed by atoms with Gasteiger partial charge in [0.2, 0.25) is 0 Å². The molecule has 0 radical (unpaired) electrons. The van der Waals surface area contributed by atoms with Gasteiger partial charge in [0.05, 0.1) is 4.92 Å². The Bertz CT molecular complexity index is 498. The fraction of sp³-hybridized carbons (Fsp3) is 0.500. The molecule has 2 rings (SSSR count). The summed E-state index contributed by atoms with van der Waals surface area (Å²) in [5.41, 5.74) is -0.0371. The zero-order valence-corrected chi connectivity index (χ0v) is 11.5. The second kappa shape index (κ2) is 6.47. The summed E-state index contributed by atoms with van der Waals surface area (Å²) in [6.07, 6.45) is 2.39. The molecule has 0 saturated carbocycles. The summed E-state index contributed by atoms with van der Waals surface area (Å²) in [5.74, 6) is -0.386. The van der Waals surface area contributed by atoms with Gasteiger partial charge in [-0.05, 0) is 38.9 Å². The highest BCUT2D eigenvalue weighted by atomic mass is 16.6. The van der Waals surface area contributed by atoms with E-state index in [1.807, 2.05) is 0 Å².